The summed E-state index contributed by atoms with van der Waals surface area (Å²) in [4.78, 5) is 18.9. The molecule has 2 aromatic rings. The number of piperidine rings is 1. The summed E-state index contributed by atoms with van der Waals surface area (Å²) in [7, 11) is 0. The summed E-state index contributed by atoms with van der Waals surface area (Å²) in [5.41, 5.74) is 1.76. The maximum Gasteiger partial charge on any atom is 0.251 e. The fourth-order valence-electron chi connectivity index (χ4n) is 3.39. The number of hydrogen-bond acceptors (Lipinski definition) is 4. The van der Waals surface area contributed by atoms with Crippen molar-refractivity contribution >= 4 is 17.0 Å². The van der Waals surface area contributed by atoms with Gasteiger partial charge in [-0.2, -0.15) is 0 Å². The highest BCUT2D eigenvalue weighted by Crippen LogP contribution is 2.30. The fraction of sp³-hybridized carbons (Fsp3) is 0.529. The Labute approximate surface area is 129 Å². The Morgan fingerprint density at radius 2 is 2.00 bits per heavy atom. The second-order valence-corrected chi connectivity index (χ2v) is 6.12. The summed E-state index contributed by atoms with van der Waals surface area (Å²) >= 11 is 0. The number of ether oxygens (including phenoxy) is 1. The molecule has 0 spiro atoms. The van der Waals surface area contributed by atoms with Gasteiger partial charge in [0.25, 0.3) is 5.91 Å². The molecule has 116 valence electrons. The standard InChI is InChI=1S/C17H20N2O3/c20-17(15-6-3-11-21-15)19-9-7-12(8-10-19)16-18-13-4-1-2-5-14(13)22-16/h1-2,4-5,12,15H,3,6-11H2/t15-/m0/s1. The number of carbonyl (C=O) groups excluding carboxylic acids is 1. The number of aromatic nitrogens is 1. The molecule has 1 atom stereocenters. The van der Waals surface area contributed by atoms with Crippen LogP contribution in [0.3, 0.4) is 0 Å². The number of para-hydroxylation sites is 2. The molecule has 5 nitrogen and oxygen atoms in total. The monoisotopic (exact) mass is 300 g/mol. The third-order valence-electron chi connectivity index (χ3n) is 4.67. The van der Waals surface area contributed by atoms with Crippen LogP contribution >= 0.6 is 0 Å². The number of amides is 1. The van der Waals surface area contributed by atoms with Gasteiger partial charge in [-0.1, -0.05) is 12.1 Å². The molecule has 4 rings (SSSR count). The number of hydrogen-bond donors (Lipinski definition) is 0. The van der Waals surface area contributed by atoms with Crippen LogP contribution in [0.25, 0.3) is 11.1 Å². The summed E-state index contributed by atoms with van der Waals surface area (Å²) in [6, 6.07) is 7.85. The van der Waals surface area contributed by atoms with E-state index in [2.05, 4.69) is 4.98 Å². The molecule has 0 bridgehead atoms. The first-order valence-corrected chi connectivity index (χ1v) is 8.07. The molecule has 0 radical (unpaired) electrons. The molecule has 22 heavy (non-hydrogen) atoms. The Kier molecular flexibility index (Phi) is 3.58. The summed E-state index contributed by atoms with van der Waals surface area (Å²) < 4.78 is 11.4. The van der Waals surface area contributed by atoms with Gasteiger partial charge in [0.2, 0.25) is 0 Å². The third kappa shape index (κ3) is 2.50. The van der Waals surface area contributed by atoms with E-state index in [0.717, 1.165) is 62.4 Å². The van der Waals surface area contributed by atoms with Crippen molar-refractivity contribution in [3.05, 3.63) is 30.2 Å². The van der Waals surface area contributed by atoms with Gasteiger partial charge in [-0.15, -0.1) is 0 Å². The van der Waals surface area contributed by atoms with Crippen LogP contribution < -0.4 is 0 Å². The predicted octanol–water partition coefficient (Wildman–Crippen LogP) is 2.71. The van der Waals surface area contributed by atoms with Crippen molar-refractivity contribution in [1.82, 2.24) is 9.88 Å². The molecule has 2 fully saturated rings. The second kappa shape index (κ2) is 5.72. The number of fused-ring (bicyclic) bond motifs is 1. The van der Waals surface area contributed by atoms with E-state index in [0.29, 0.717) is 5.92 Å². The van der Waals surface area contributed by atoms with Gasteiger partial charge in [0.15, 0.2) is 11.5 Å². The Bertz CT molecular complexity index is 634. The minimum Gasteiger partial charge on any atom is -0.440 e. The van der Waals surface area contributed by atoms with E-state index in [9.17, 15) is 4.79 Å². The molecular formula is C17H20N2O3. The maximum atomic E-state index is 12.3. The van der Waals surface area contributed by atoms with E-state index in [1.807, 2.05) is 29.2 Å². The Morgan fingerprint density at radius 3 is 2.73 bits per heavy atom. The van der Waals surface area contributed by atoms with E-state index in [4.69, 9.17) is 9.15 Å². The molecule has 2 aliphatic heterocycles. The van der Waals surface area contributed by atoms with Gasteiger partial charge < -0.3 is 14.1 Å². The largest absolute Gasteiger partial charge is 0.440 e. The van der Waals surface area contributed by atoms with Crippen molar-refractivity contribution in [2.24, 2.45) is 0 Å². The quantitative estimate of drug-likeness (QED) is 0.855. The number of benzene rings is 1. The fourth-order valence-corrected chi connectivity index (χ4v) is 3.39. The van der Waals surface area contributed by atoms with Gasteiger partial charge in [-0.3, -0.25) is 4.79 Å². The SMILES string of the molecule is O=C([C@@H]1CCCO1)N1CCC(c2nc3ccccc3o2)CC1. The Morgan fingerprint density at radius 1 is 1.18 bits per heavy atom. The van der Waals surface area contributed by atoms with Crippen molar-refractivity contribution in [3.63, 3.8) is 0 Å². The van der Waals surface area contributed by atoms with Crippen LogP contribution in [0.2, 0.25) is 0 Å². The molecule has 0 unspecified atom stereocenters. The zero-order chi connectivity index (χ0) is 14.9. The number of carbonyl (C=O) groups is 1. The van der Waals surface area contributed by atoms with Gasteiger partial charge in [-0.25, -0.2) is 4.98 Å². The molecule has 5 heteroatoms. The second-order valence-electron chi connectivity index (χ2n) is 6.12. The topological polar surface area (TPSA) is 55.6 Å². The molecule has 1 aromatic heterocycles. The highest BCUT2D eigenvalue weighted by Gasteiger charge is 2.32. The van der Waals surface area contributed by atoms with E-state index in [1.54, 1.807) is 0 Å². The first kappa shape index (κ1) is 13.8. The molecule has 0 aliphatic carbocycles. The van der Waals surface area contributed by atoms with Gasteiger partial charge >= 0.3 is 0 Å². The molecule has 0 N–H and O–H groups in total. The normalized spacial score (nSPS) is 23.3. The minimum absolute atomic E-state index is 0.161. The third-order valence-corrected chi connectivity index (χ3v) is 4.67. The molecule has 2 aliphatic rings. The smallest absolute Gasteiger partial charge is 0.251 e. The van der Waals surface area contributed by atoms with Crippen LogP contribution in [0.1, 0.15) is 37.5 Å². The van der Waals surface area contributed by atoms with Gasteiger partial charge in [0.1, 0.15) is 11.6 Å². The predicted molar refractivity (Wildman–Crippen MR) is 81.5 cm³/mol. The molecular weight excluding hydrogens is 280 g/mol. The van der Waals surface area contributed by atoms with Crippen LogP contribution in [0, 0.1) is 0 Å². The lowest BCUT2D eigenvalue weighted by atomic mass is 9.96. The molecule has 1 amide bonds. The zero-order valence-electron chi connectivity index (χ0n) is 12.5. The highest BCUT2D eigenvalue weighted by atomic mass is 16.5. The zero-order valence-corrected chi connectivity index (χ0v) is 12.5. The summed E-state index contributed by atoms with van der Waals surface area (Å²) in [6.07, 6.45) is 3.47. The van der Waals surface area contributed by atoms with Crippen molar-refractivity contribution in [2.45, 2.75) is 37.7 Å². The minimum atomic E-state index is -0.208. The van der Waals surface area contributed by atoms with Gasteiger partial charge in [0, 0.05) is 25.6 Å². The first-order chi connectivity index (χ1) is 10.8. The molecule has 1 aromatic carbocycles. The van der Waals surface area contributed by atoms with Crippen LogP contribution in [0.5, 0.6) is 0 Å². The van der Waals surface area contributed by atoms with Crippen LogP contribution in [0.4, 0.5) is 0 Å². The molecule has 3 heterocycles. The van der Waals surface area contributed by atoms with Crippen LogP contribution in [-0.2, 0) is 9.53 Å². The summed E-state index contributed by atoms with van der Waals surface area (Å²) in [6.45, 7) is 2.25. The Balaban J connectivity index is 1.41. The van der Waals surface area contributed by atoms with Crippen molar-refractivity contribution in [2.75, 3.05) is 19.7 Å². The van der Waals surface area contributed by atoms with Crippen LogP contribution in [0.15, 0.2) is 28.7 Å². The van der Waals surface area contributed by atoms with E-state index in [1.165, 1.54) is 0 Å². The van der Waals surface area contributed by atoms with E-state index >= 15 is 0 Å². The lowest BCUT2D eigenvalue weighted by Crippen LogP contribution is -2.43. The molecule has 2 saturated heterocycles. The lowest BCUT2D eigenvalue weighted by molar-refractivity contribution is -0.142. The van der Waals surface area contributed by atoms with Crippen molar-refractivity contribution < 1.29 is 13.9 Å². The van der Waals surface area contributed by atoms with Crippen molar-refractivity contribution in [1.29, 1.82) is 0 Å². The number of rotatable bonds is 2. The first-order valence-electron chi connectivity index (χ1n) is 8.07. The average molecular weight is 300 g/mol. The maximum absolute atomic E-state index is 12.3. The van der Waals surface area contributed by atoms with E-state index < -0.39 is 0 Å². The van der Waals surface area contributed by atoms with E-state index in [-0.39, 0.29) is 12.0 Å². The number of oxazole rings is 1. The Hall–Kier alpha value is -1.88. The summed E-state index contributed by atoms with van der Waals surface area (Å²) in [5.74, 6) is 1.28. The number of nitrogens with zero attached hydrogens (tertiary/aromatic N) is 2. The van der Waals surface area contributed by atoms with Crippen LogP contribution in [-0.4, -0.2) is 41.6 Å². The summed E-state index contributed by atoms with van der Waals surface area (Å²) in [5, 5.41) is 0. The average Bonchev–Trinajstić information content (AvgIpc) is 3.23. The lowest BCUT2D eigenvalue weighted by Gasteiger charge is -2.32. The van der Waals surface area contributed by atoms with Gasteiger partial charge in [-0.05, 0) is 37.8 Å². The van der Waals surface area contributed by atoms with Crippen molar-refractivity contribution in [3.8, 4) is 0 Å². The van der Waals surface area contributed by atoms with Gasteiger partial charge in [0.05, 0.1) is 0 Å². The molecule has 0 saturated carbocycles. The number of likely N-dealkylation sites (tertiary alicyclic amines) is 1. The highest BCUT2D eigenvalue weighted by molar-refractivity contribution is 5.81.